The minimum atomic E-state index is -0.660. The molecule has 35 heavy (non-hydrogen) atoms. The second kappa shape index (κ2) is 9.19. The number of rotatable bonds is 6. The summed E-state index contributed by atoms with van der Waals surface area (Å²) in [5.74, 6) is -0.556. The summed E-state index contributed by atoms with van der Waals surface area (Å²) in [5, 5.41) is 13.5. The second-order valence-corrected chi connectivity index (χ2v) is 9.67. The van der Waals surface area contributed by atoms with Gasteiger partial charge in [0.1, 0.15) is 17.6 Å². The molecule has 2 atom stereocenters. The van der Waals surface area contributed by atoms with Crippen molar-refractivity contribution in [3.8, 4) is 5.75 Å². The summed E-state index contributed by atoms with van der Waals surface area (Å²) in [6, 6.07) is 18.6. The number of carbonyl (C=O) groups excluding carboxylic acids is 2. The quantitative estimate of drug-likeness (QED) is 0.326. The number of ether oxygens (including phenoxy) is 1. The molecule has 2 heterocycles. The van der Waals surface area contributed by atoms with Gasteiger partial charge in [0.25, 0.3) is 11.7 Å². The maximum Gasteiger partial charge on any atom is 0.295 e. The number of carbonyl (C=O) groups is 2. The van der Waals surface area contributed by atoms with Crippen molar-refractivity contribution in [2.75, 3.05) is 27.2 Å². The molecule has 5 rings (SSSR count). The van der Waals surface area contributed by atoms with Crippen molar-refractivity contribution in [2.24, 2.45) is 0 Å². The van der Waals surface area contributed by atoms with Gasteiger partial charge in [-0.3, -0.25) is 9.59 Å². The van der Waals surface area contributed by atoms with E-state index in [2.05, 4.69) is 4.90 Å². The van der Waals surface area contributed by atoms with E-state index in [1.54, 1.807) is 11.0 Å². The third kappa shape index (κ3) is 4.19. The van der Waals surface area contributed by atoms with E-state index < -0.39 is 17.7 Å². The largest absolute Gasteiger partial charge is 0.507 e. The van der Waals surface area contributed by atoms with Crippen LogP contribution in [0.2, 0.25) is 0 Å². The first-order valence-corrected chi connectivity index (χ1v) is 12.1. The van der Waals surface area contributed by atoms with Crippen molar-refractivity contribution >= 4 is 28.2 Å². The van der Waals surface area contributed by atoms with Crippen LogP contribution in [0.15, 0.2) is 66.2 Å². The first kappa shape index (κ1) is 23.1. The Morgan fingerprint density at radius 3 is 2.66 bits per heavy atom. The van der Waals surface area contributed by atoms with Crippen molar-refractivity contribution in [3.05, 3.63) is 82.9 Å². The highest BCUT2D eigenvalue weighted by atomic mass is 16.5. The van der Waals surface area contributed by atoms with Crippen molar-refractivity contribution in [1.82, 2.24) is 9.80 Å². The minimum Gasteiger partial charge on any atom is -0.507 e. The Hall–Kier alpha value is -3.64. The number of fused-ring (bicyclic) bond motifs is 2. The van der Waals surface area contributed by atoms with E-state index in [1.807, 2.05) is 75.6 Å². The lowest BCUT2D eigenvalue weighted by Crippen LogP contribution is -2.32. The lowest BCUT2D eigenvalue weighted by atomic mass is 9.91. The van der Waals surface area contributed by atoms with Crippen molar-refractivity contribution < 1.29 is 19.4 Å². The van der Waals surface area contributed by atoms with Crippen molar-refractivity contribution in [2.45, 2.75) is 31.9 Å². The maximum atomic E-state index is 13.4. The van der Waals surface area contributed by atoms with Crippen LogP contribution in [0.4, 0.5) is 0 Å². The summed E-state index contributed by atoms with van der Waals surface area (Å²) in [5.41, 5.74) is 2.50. The molecule has 2 unspecified atom stereocenters. The van der Waals surface area contributed by atoms with Crippen LogP contribution >= 0.6 is 0 Å². The molecule has 0 aliphatic carbocycles. The Kier molecular flexibility index (Phi) is 6.07. The Morgan fingerprint density at radius 2 is 1.86 bits per heavy atom. The van der Waals surface area contributed by atoms with Gasteiger partial charge in [0, 0.05) is 18.5 Å². The molecule has 0 saturated carbocycles. The summed E-state index contributed by atoms with van der Waals surface area (Å²) in [7, 11) is 3.96. The van der Waals surface area contributed by atoms with Crippen LogP contribution in [0.5, 0.6) is 5.75 Å². The number of nitrogens with zero attached hydrogens (tertiary/aromatic N) is 2. The van der Waals surface area contributed by atoms with Gasteiger partial charge in [0.15, 0.2) is 0 Å². The fourth-order valence-electron chi connectivity index (χ4n) is 5.21. The fourth-order valence-corrected chi connectivity index (χ4v) is 5.21. The third-order valence-corrected chi connectivity index (χ3v) is 6.83. The van der Waals surface area contributed by atoms with Gasteiger partial charge < -0.3 is 19.6 Å². The van der Waals surface area contributed by atoms with Crippen LogP contribution < -0.4 is 4.74 Å². The van der Waals surface area contributed by atoms with Crippen LogP contribution in [0, 0.1) is 0 Å². The molecular weight excluding hydrogens is 440 g/mol. The Bertz CT molecular complexity index is 1340. The predicted octanol–water partition coefficient (Wildman–Crippen LogP) is 4.54. The molecule has 6 heteroatoms. The van der Waals surface area contributed by atoms with E-state index in [9.17, 15) is 14.7 Å². The van der Waals surface area contributed by atoms with E-state index in [0.717, 1.165) is 47.0 Å². The van der Waals surface area contributed by atoms with E-state index in [0.29, 0.717) is 12.1 Å². The Balaban J connectivity index is 1.65. The summed E-state index contributed by atoms with van der Waals surface area (Å²) in [6.07, 6.45) is 1.53. The summed E-state index contributed by atoms with van der Waals surface area (Å²) in [6.45, 7) is 3.20. The standard InChI is InChI=1S/C29H30N2O4/c1-18-16-21-17-20(12-13-24(21)35-18)27(32)25-26(23-11-6-9-19-8-4-5-10-22(19)23)31(29(34)28(25)33)15-7-14-30(2)3/h4-6,8-13,17-18,26,32H,7,14-16H2,1-3H3. The predicted molar refractivity (Wildman–Crippen MR) is 136 cm³/mol. The lowest BCUT2D eigenvalue weighted by Gasteiger charge is -2.27. The molecule has 1 amide bonds. The monoisotopic (exact) mass is 470 g/mol. The SMILES string of the molecule is CC1Cc2cc(C(O)=C3C(=O)C(=O)N(CCCN(C)C)C3c3cccc4ccccc34)ccc2O1. The number of amides is 1. The van der Waals surface area contributed by atoms with Crippen molar-refractivity contribution in [1.29, 1.82) is 0 Å². The zero-order valence-electron chi connectivity index (χ0n) is 20.3. The first-order valence-electron chi connectivity index (χ1n) is 12.1. The number of likely N-dealkylation sites (tertiary alicyclic amines) is 1. The van der Waals surface area contributed by atoms with Gasteiger partial charge in [-0.25, -0.2) is 0 Å². The molecule has 2 aliphatic rings. The van der Waals surface area contributed by atoms with Gasteiger partial charge >= 0.3 is 0 Å². The molecule has 0 bridgehead atoms. The number of hydrogen-bond donors (Lipinski definition) is 1. The molecule has 0 spiro atoms. The van der Waals surface area contributed by atoms with Crippen LogP contribution in [0.1, 0.15) is 36.1 Å². The molecular formula is C29H30N2O4. The fraction of sp³-hybridized carbons (Fsp3) is 0.310. The van der Waals surface area contributed by atoms with E-state index in [4.69, 9.17) is 4.74 Å². The van der Waals surface area contributed by atoms with Crippen LogP contribution in [-0.2, 0) is 16.0 Å². The summed E-state index contributed by atoms with van der Waals surface area (Å²) >= 11 is 0. The Morgan fingerprint density at radius 1 is 1.09 bits per heavy atom. The maximum absolute atomic E-state index is 13.4. The van der Waals surface area contributed by atoms with Crippen molar-refractivity contribution in [3.63, 3.8) is 0 Å². The van der Waals surface area contributed by atoms with Crippen LogP contribution in [0.3, 0.4) is 0 Å². The lowest BCUT2D eigenvalue weighted by molar-refractivity contribution is -0.139. The molecule has 3 aromatic carbocycles. The molecule has 1 N–H and O–H groups in total. The van der Waals surface area contributed by atoms with E-state index in [1.165, 1.54) is 0 Å². The number of aliphatic hydroxyl groups is 1. The molecule has 180 valence electrons. The molecule has 0 aromatic heterocycles. The highest BCUT2D eigenvalue weighted by molar-refractivity contribution is 6.46. The average molecular weight is 471 g/mol. The number of ketones is 1. The Labute approximate surface area is 205 Å². The van der Waals surface area contributed by atoms with Gasteiger partial charge in [-0.05, 0) is 74.1 Å². The zero-order chi connectivity index (χ0) is 24.7. The topological polar surface area (TPSA) is 70.1 Å². The molecule has 3 aromatic rings. The molecule has 6 nitrogen and oxygen atoms in total. The zero-order valence-corrected chi connectivity index (χ0v) is 20.3. The van der Waals surface area contributed by atoms with Crippen LogP contribution in [0.25, 0.3) is 16.5 Å². The minimum absolute atomic E-state index is 0.0698. The molecule has 1 saturated heterocycles. The molecule has 1 fully saturated rings. The highest BCUT2D eigenvalue weighted by Crippen LogP contribution is 2.42. The van der Waals surface area contributed by atoms with Crippen LogP contribution in [-0.4, -0.2) is 59.9 Å². The normalized spacial score (nSPS) is 21.1. The average Bonchev–Trinajstić information content (AvgIpc) is 3.34. The summed E-state index contributed by atoms with van der Waals surface area (Å²) < 4.78 is 5.79. The van der Waals surface area contributed by atoms with Gasteiger partial charge in [-0.15, -0.1) is 0 Å². The molecule has 0 radical (unpaired) electrons. The van der Waals surface area contributed by atoms with E-state index >= 15 is 0 Å². The van der Waals surface area contributed by atoms with Gasteiger partial charge in [0.05, 0.1) is 11.6 Å². The van der Waals surface area contributed by atoms with Gasteiger partial charge in [-0.1, -0.05) is 42.5 Å². The van der Waals surface area contributed by atoms with Gasteiger partial charge in [-0.2, -0.15) is 0 Å². The second-order valence-electron chi connectivity index (χ2n) is 9.67. The summed E-state index contributed by atoms with van der Waals surface area (Å²) in [4.78, 5) is 30.3. The number of aliphatic hydroxyl groups excluding tert-OH is 1. The smallest absolute Gasteiger partial charge is 0.295 e. The third-order valence-electron chi connectivity index (χ3n) is 6.83. The van der Waals surface area contributed by atoms with E-state index in [-0.39, 0.29) is 17.4 Å². The number of Topliss-reactive ketones (excluding diaryl/α,β-unsaturated/α-hetero) is 1. The first-order chi connectivity index (χ1) is 16.8. The number of hydrogen-bond acceptors (Lipinski definition) is 5. The number of benzene rings is 3. The highest BCUT2D eigenvalue weighted by Gasteiger charge is 2.46. The molecule has 2 aliphatic heterocycles. The van der Waals surface area contributed by atoms with Gasteiger partial charge in [0.2, 0.25) is 0 Å².